The van der Waals surface area contributed by atoms with Gasteiger partial charge in [0, 0.05) is 16.8 Å². The summed E-state index contributed by atoms with van der Waals surface area (Å²) in [7, 11) is 0. The fourth-order valence-corrected chi connectivity index (χ4v) is 1.25. The van der Waals surface area contributed by atoms with Crippen LogP contribution in [0.25, 0.3) is 0 Å². The van der Waals surface area contributed by atoms with E-state index in [2.05, 4.69) is 0 Å². The Labute approximate surface area is 78.4 Å². The highest BCUT2D eigenvalue weighted by atomic mass is 35.5. The fourth-order valence-electron chi connectivity index (χ4n) is 0.610. The molecule has 1 aromatic rings. The molecule has 0 aromatic heterocycles. The number of carbonyl (C=O) groups is 1. The van der Waals surface area contributed by atoms with Gasteiger partial charge in [0.05, 0.1) is 0 Å². The van der Waals surface area contributed by atoms with Crippen molar-refractivity contribution in [3.8, 4) is 0 Å². The van der Waals surface area contributed by atoms with Gasteiger partial charge in [-0.05, 0) is 23.7 Å². The van der Waals surface area contributed by atoms with Gasteiger partial charge in [-0.2, -0.15) is 0 Å². The van der Waals surface area contributed by atoms with Crippen molar-refractivity contribution in [3.63, 3.8) is 0 Å². The van der Waals surface area contributed by atoms with Crippen molar-refractivity contribution >= 4 is 28.9 Å². The van der Waals surface area contributed by atoms with Crippen molar-refractivity contribution in [2.24, 2.45) is 0 Å². The van der Waals surface area contributed by atoms with E-state index in [1.807, 2.05) is 0 Å². The Morgan fingerprint density at radius 2 is 2.00 bits per heavy atom. The van der Waals surface area contributed by atoms with E-state index in [4.69, 9.17) is 11.6 Å². The first-order valence-corrected chi connectivity index (χ1v) is 4.23. The van der Waals surface area contributed by atoms with Crippen LogP contribution in [0.1, 0.15) is 0 Å². The number of halogens is 2. The Morgan fingerprint density at radius 1 is 1.42 bits per heavy atom. The molecule has 0 aliphatic carbocycles. The SMILES string of the molecule is O=C(Cl)N(F)Sc1ccccc1. The Kier molecular flexibility index (Phi) is 3.37. The maximum Gasteiger partial charge on any atom is 0.355 e. The Bertz CT molecular complexity index is 269. The summed E-state index contributed by atoms with van der Waals surface area (Å²) in [6, 6.07) is 8.65. The zero-order valence-corrected chi connectivity index (χ0v) is 7.48. The van der Waals surface area contributed by atoms with Crippen molar-refractivity contribution in [2.75, 3.05) is 0 Å². The molecular weight excluding hydrogens is 201 g/mol. The maximum absolute atomic E-state index is 12.5. The molecule has 0 saturated carbocycles. The van der Waals surface area contributed by atoms with Crippen LogP contribution in [0.4, 0.5) is 9.28 Å². The standard InChI is InChI=1S/C7H5ClFNOS/c8-7(11)10(9)12-6-4-2-1-3-5-6/h1-5H. The van der Waals surface area contributed by atoms with E-state index >= 15 is 0 Å². The second-order valence-electron chi connectivity index (χ2n) is 1.90. The molecule has 0 N–H and O–H groups in total. The molecule has 0 aliphatic rings. The van der Waals surface area contributed by atoms with Crippen molar-refractivity contribution in [2.45, 2.75) is 4.90 Å². The molecule has 0 atom stereocenters. The summed E-state index contributed by atoms with van der Waals surface area (Å²) in [4.78, 5) is 10.9. The lowest BCUT2D eigenvalue weighted by Crippen LogP contribution is -2.05. The van der Waals surface area contributed by atoms with Gasteiger partial charge in [0.1, 0.15) is 0 Å². The van der Waals surface area contributed by atoms with Crippen LogP contribution in [-0.2, 0) is 0 Å². The van der Waals surface area contributed by atoms with Crippen LogP contribution in [0.3, 0.4) is 0 Å². The highest BCUT2D eigenvalue weighted by Gasteiger charge is 2.10. The van der Waals surface area contributed by atoms with E-state index in [0.717, 1.165) is 0 Å². The molecule has 0 heterocycles. The summed E-state index contributed by atoms with van der Waals surface area (Å²) in [5.41, 5.74) is 0. The van der Waals surface area contributed by atoms with E-state index in [1.54, 1.807) is 30.3 Å². The number of benzene rings is 1. The molecule has 2 nitrogen and oxygen atoms in total. The van der Waals surface area contributed by atoms with Gasteiger partial charge in [0.25, 0.3) is 0 Å². The van der Waals surface area contributed by atoms with Gasteiger partial charge >= 0.3 is 5.37 Å². The molecule has 0 bridgehead atoms. The summed E-state index contributed by atoms with van der Waals surface area (Å²) in [6.07, 6.45) is 0. The van der Waals surface area contributed by atoms with Crippen molar-refractivity contribution in [1.82, 2.24) is 4.53 Å². The van der Waals surface area contributed by atoms with Crippen molar-refractivity contribution < 1.29 is 9.28 Å². The number of amides is 1. The van der Waals surface area contributed by atoms with E-state index in [1.165, 1.54) is 0 Å². The minimum absolute atomic E-state index is 0.128. The molecule has 1 aromatic carbocycles. The van der Waals surface area contributed by atoms with Crippen molar-refractivity contribution in [3.05, 3.63) is 30.3 Å². The topological polar surface area (TPSA) is 20.3 Å². The third-order valence-corrected chi connectivity index (χ3v) is 2.12. The Morgan fingerprint density at radius 3 is 2.50 bits per heavy atom. The van der Waals surface area contributed by atoms with Crippen LogP contribution in [0, 0.1) is 0 Å². The summed E-state index contributed by atoms with van der Waals surface area (Å²) in [6.45, 7) is 0. The van der Waals surface area contributed by atoms with E-state index < -0.39 is 5.37 Å². The van der Waals surface area contributed by atoms with Gasteiger partial charge in [0.2, 0.25) is 0 Å². The molecule has 0 unspecified atom stereocenters. The largest absolute Gasteiger partial charge is 0.355 e. The molecule has 1 amide bonds. The number of rotatable bonds is 2. The van der Waals surface area contributed by atoms with Gasteiger partial charge in [-0.15, -0.1) is 0 Å². The molecule has 0 spiro atoms. The van der Waals surface area contributed by atoms with E-state index in [0.29, 0.717) is 16.8 Å². The summed E-state index contributed by atoms with van der Waals surface area (Å²) < 4.78 is 12.4. The molecular formula is C7H5ClFNOS. The maximum atomic E-state index is 12.5. The van der Waals surface area contributed by atoms with Crippen LogP contribution in [0.5, 0.6) is 0 Å². The number of carbonyl (C=O) groups excluding carboxylic acids is 1. The Hall–Kier alpha value is -0.740. The molecule has 0 saturated heterocycles. The highest BCUT2D eigenvalue weighted by Crippen LogP contribution is 2.23. The Balaban J connectivity index is 2.58. The van der Waals surface area contributed by atoms with Gasteiger partial charge in [0.15, 0.2) is 0 Å². The number of hydrogen-bond acceptors (Lipinski definition) is 2. The lowest BCUT2D eigenvalue weighted by atomic mass is 10.4. The van der Waals surface area contributed by atoms with Crippen LogP contribution in [0.15, 0.2) is 35.2 Å². The average molecular weight is 206 g/mol. The van der Waals surface area contributed by atoms with E-state index in [9.17, 15) is 9.28 Å². The van der Waals surface area contributed by atoms with Crippen LogP contribution >= 0.6 is 23.5 Å². The van der Waals surface area contributed by atoms with Gasteiger partial charge < -0.3 is 0 Å². The monoisotopic (exact) mass is 205 g/mol. The molecule has 12 heavy (non-hydrogen) atoms. The molecule has 5 heteroatoms. The highest BCUT2D eigenvalue weighted by molar-refractivity contribution is 7.97. The number of nitrogens with zero attached hydrogens (tertiary/aromatic N) is 1. The van der Waals surface area contributed by atoms with Crippen molar-refractivity contribution in [1.29, 1.82) is 0 Å². The lowest BCUT2D eigenvalue weighted by molar-refractivity contribution is 0.179. The minimum atomic E-state index is -1.14. The average Bonchev–Trinajstić information content (AvgIpc) is 2.06. The zero-order valence-electron chi connectivity index (χ0n) is 5.91. The first-order valence-electron chi connectivity index (χ1n) is 3.08. The zero-order chi connectivity index (χ0) is 8.97. The molecule has 1 rings (SSSR count). The number of hydrogen-bond donors (Lipinski definition) is 0. The lowest BCUT2D eigenvalue weighted by Gasteiger charge is -2.04. The first-order chi connectivity index (χ1) is 5.70. The third kappa shape index (κ3) is 2.71. The van der Waals surface area contributed by atoms with Gasteiger partial charge in [-0.1, -0.05) is 27.2 Å². The molecule has 0 fully saturated rings. The smallest absolute Gasteiger partial charge is 0.252 e. The van der Waals surface area contributed by atoms with Gasteiger partial charge in [-0.25, -0.2) is 0 Å². The summed E-state index contributed by atoms with van der Waals surface area (Å²) >= 11 is 5.51. The second kappa shape index (κ2) is 4.33. The minimum Gasteiger partial charge on any atom is -0.252 e. The van der Waals surface area contributed by atoms with Crippen LogP contribution < -0.4 is 0 Å². The van der Waals surface area contributed by atoms with Gasteiger partial charge in [-0.3, -0.25) is 4.79 Å². The van der Waals surface area contributed by atoms with Crippen LogP contribution in [0.2, 0.25) is 0 Å². The fraction of sp³-hybridized carbons (Fsp3) is 0. The predicted molar refractivity (Wildman–Crippen MR) is 46.5 cm³/mol. The molecule has 0 radical (unpaired) electrons. The molecule has 64 valence electrons. The first kappa shape index (κ1) is 9.35. The molecule has 0 aliphatic heterocycles. The quantitative estimate of drug-likeness (QED) is 0.320. The van der Waals surface area contributed by atoms with E-state index in [-0.39, 0.29) is 4.53 Å². The summed E-state index contributed by atoms with van der Waals surface area (Å²) in [5, 5.41) is -1.14. The normalized spacial score (nSPS) is 9.50. The summed E-state index contributed by atoms with van der Waals surface area (Å²) in [5.74, 6) is 0. The third-order valence-electron chi connectivity index (χ3n) is 1.07. The second-order valence-corrected chi connectivity index (χ2v) is 3.20. The predicted octanol–water partition coefficient (Wildman–Crippen LogP) is 3.24. The van der Waals surface area contributed by atoms with Crippen LogP contribution in [-0.4, -0.2) is 9.89 Å².